The van der Waals surface area contributed by atoms with E-state index in [9.17, 15) is 14.4 Å². The van der Waals surface area contributed by atoms with Gasteiger partial charge in [0.1, 0.15) is 13.2 Å². The second-order valence-corrected chi connectivity index (χ2v) is 16.4. The molecule has 63 heavy (non-hydrogen) atoms. The van der Waals surface area contributed by atoms with E-state index >= 15 is 0 Å². The van der Waals surface area contributed by atoms with Crippen molar-refractivity contribution in [3.63, 3.8) is 0 Å². The fourth-order valence-corrected chi connectivity index (χ4v) is 6.50. The van der Waals surface area contributed by atoms with Crippen molar-refractivity contribution in [2.24, 2.45) is 0 Å². The summed E-state index contributed by atoms with van der Waals surface area (Å²) in [6.45, 7) is 6.35. The van der Waals surface area contributed by atoms with E-state index in [-0.39, 0.29) is 37.5 Å². The van der Waals surface area contributed by atoms with E-state index in [1.54, 1.807) is 0 Å². The van der Waals surface area contributed by atoms with Gasteiger partial charge < -0.3 is 14.2 Å². The quantitative estimate of drug-likeness (QED) is 0.0199. The highest BCUT2D eigenvalue weighted by Crippen LogP contribution is 2.13. The van der Waals surface area contributed by atoms with Crippen LogP contribution in [0.1, 0.15) is 213 Å². The Morgan fingerprint density at radius 1 is 0.349 bits per heavy atom. The van der Waals surface area contributed by atoms with Gasteiger partial charge in [-0.3, -0.25) is 14.4 Å². The van der Waals surface area contributed by atoms with Crippen molar-refractivity contribution in [2.75, 3.05) is 13.2 Å². The Kier molecular flexibility index (Phi) is 47.5. The number of unbranched alkanes of at least 4 members (excludes halogenated alkanes) is 18. The Labute approximate surface area is 387 Å². The molecule has 0 bridgehead atoms. The first-order valence-electron chi connectivity index (χ1n) is 25.4. The topological polar surface area (TPSA) is 78.9 Å². The van der Waals surface area contributed by atoms with Gasteiger partial charge in [-0.25, -0.2) is 0 Å². The fraction of sp³-hybridized carbons (Fsp3) is 0.632. The highest BCUT2D eigenvalue weighted by atomic mass is 16.6. The van der Waals surface area contributed by atoms with Crippen molar-refractivity contribution < 1.29 is 28.6 Å². The maximum atomic E-state index is 12.8. The summed E-state index contributed by atoms with van der Waals surface area (Å²) < 4.78 is 16.7. The Morgan fingerprint density at radius 3 is 1.24 bits per heavy atom. The van der Waals surface area contributed by atoms with Gasteiger partial charge in [0.05, 0.1) is 0 Å². The Bertz CT molecular complexity index is 1330. The average molecular weight is 873 g/mol. The van der Waals surface area contributed by atoms with E-state index < -0.39 is 6.10 Å². The lowest BCUT2D eigenvalue weighted by molar-refractivity contribution is -0.167. The van der Waals surface area contributed by atoms with Gasteiger partial charge in [-0.1, -0.05) is 201 Å². The molecule has 0 N–H and O–H groups in total. The van der Waals surface area contributed by atoms with Gasteiger partial charge in [0.2, 0.25) is 0 Å². The number of hydrogen-bond donors (Lipinski definition) is 0. The standard InChI is InChI=1S/C57H92O6/c1-4-7-10-13-16-19-22-25-27-28-30-32-35-38-41-44-47-50-56(59)62-53-54(52-61-55(58)49-46-43-40-37-34-31-24-21-18-15-12-9-6-3)63-57(60)51-48-45-42-39-36-33-29-26-23-20-17-14-11-8-5-2/h9,12,15-16,18-21,23-25,27,30-32,34,38,41,54H,4-8,10-11,13-14,17,22,26,28-29,33,35-37,39-40,42-53H2,1-3H3/b12-9+,18-15+,19-16+,23-20+,24-21+,27-25+,32-30+,34-31+,41-38+. The zero-order valence-corrected chi connectivity index (χ0v) is 40.5. The minimum atomic E-state index is -0.819. The number of esters is 3. The first kappa shape index (κ1) is 59.1. The van der Waals surface area contributed by atoms with Crippen LogP contribution in [-0.2, 0) is 28.6 Å². The van der Waals surface area contributed by atoms with Gasteiger partial charge in [0.25, 0.3) is 0 Å². The van der Waals surface area contributed by atoms with Crippen LogP contribution in [-0.4, -0.2) is 37.2 Å². The van der Waals surface area contributed by atoms with Crippen molar-refractivity contribution >= 4 is 17.9 Å². The van der Waals surface area contributed by atoms with Crippen LogP contribution in [0.4, 0.5) is 0 Å². The molecule has 6 nitrogen and oxygen atoms in total. The Hall–Kier alpha value is -3.93. The first-order valence-corrected chi connectivity index (χ1v) is 25.4. The third kappa shape index (κ3) is 49.0. The number of allylic oxidation sites excluding steroid dienone is 18. The van der Waals surface area contributed by atoms with Crippen molar-refractivity contribution in [1.82, 2.24) is 0 Å². The largest absolute Gasteiger partial charge is 0.462 e. The minimum absolute atomic E-state index is 0.119. The summed E-state index contributed by atoms with van der Waals surface area (Å²) in [4.78, 5) is 37.9. The summed E-state index contributed by atoms with van der Waals surface area (Å²) in [7, 11) is 0. The third-order valence-electron chi connectivity index (χ3n) is 10.3. The fourth-order valence-electron chi connectivity index (χ4n) is 6.50. The summed E-state index contributed by atoms with van der Waals surface area (Å²) in [6.07, 6.45) is 67.9. The molecule has 0 aliphatic carbocycles. The van der Waals surface area contributed by atoms with E-state index in [0.29, 0.717) is 19.3 Å². The second kappa shape index (κ2) is 50.7. The molecule has 6 heteroatoms. The SMILES string of the molecule is CC/C=C/C=C/C=C/C=C/CCCCCC(=O)OCC(COC(=O)CCC/C=C/C/C=C/C/C=C/C/C=C/CCCCC)OC(=O)CCCCCCCCC/C=C/CCCCCC. The van der Waals surface area contributed by atoms with Crippen molar-refractivity contribution in [3.8, 4) is 0 Å². The highest BCUT2D eigenvalue weighted by molar-refractivity contribution is 5.71. The van der Waals surface area contributed by atoms with Gasteiger partial charge in [0.15, 0.2) is 6.10 Å². The molecular formula is C57H92O6. The molecule has 0 fully saturated rings. The van der Waals surface area contributed by atoms with Crippen LogP contribution in [0.3, 0.4) is 0 Å². The highest BCUT2D eigenvalue weighted by Gasteiger charge is 2.19. The molecule has 0 saturated heterocycles. The van der Waals surface area contributed by atoms with E-state index in [4.69, 9.17) is 14.2 Å². The summed E-state index contributed by atoms with van der Waals surface area (Å²) in [5, 5.41) is 0. The van der Waals surface area contributed by atoms with E-state index in [2.05, 4.69) is 93.7 Å². The lowest BCUT2D eigenvalue weighted by Crippen LogP contribution is -2.30. The average Bonchev–Trinajstić information content (AvgIpc) is 3.28. The zero-order valence-electron chi connectivity index (χ0n) is 40.5. The molecule has 1 unspecified atom stereocenters. The third-order valence-corrected chi connectivity index (χ3v) is 10.3. The molecular weight excluding hydrogens is 781 g/mol. The predicted molar refractivity (Wildman–Crippen MR) is 270 cm³/mol. The van der Waals surface area contributed by atoms with Crippen LogP contribution >= 0.6 is 0 Å². The van der Waals surface area contributed by atoms with Crippen molar-refractivity contribution in [3.05, 3.63) is 109 Å². The lowest BCUT2D eigenvalue weighted by Gasteiger charge is -2.18. The lowest BCUT2D eigenvalue weighted by atomic mass is 10.1. The molecule has 0 saturated carbocycles. The monoisotopic (exact) mass is 873 g/mol. The van der Waals surface area contributed by atoms with Gasteiger partial charge in [-0.15, -0.1) is 0 Å². The molecule has 356 valence electrons. The second-order valence-electron chi connectivity index (χ2n) is 16.4. The van der Waals surface area contributed by atoms with Crippen LogP contribution < -0.4 is 0 Å². The maximum absolute atomic E-state index is 12.8. The van der Waals surface area contributed by atoms with Crippen molar-refractivity contribution in [2.45, 2.75) is 219 Å². The van der Waals surface area contributed by atoms with E-state index in [1.807, 2.05) is 36.5 Å². The number of hydrogen-bond acceptors (Lipinski definition) is 6. The molecule has 0 aliphatic rings. The summed E-state index contributed by atoms with van der Waals surface area (Å²) in [5.74, 6) is -1.02. The Balaban J connectivity index is 4.55. The maximum Gasteiger partial charge on any atom is 0.306 e. The van der Waals surface area contributed by atoms with Gasteiger partial charge in [-0.2, -0.15) is 0 Å². The molecule has 0 heterocycles. The molecule has 0 rings (SSSR count). The van der Waals surface area contributed by atoms with Crippen LogP contribution in [0.15, 0.2) is 109 Å². The van der Waals surface area contributed by atoms with Crippen LogP contribution in [0.5, 0.6) is 0 Å². The zero-order chi connectivity index (χ0) is 45.8. The molecule has 0 aromatic carbocycles. The van der Waals surface area contributed by atoms with Gasteiger partial charge in [-0.05, 0) is 103 Å². The number of ether oxygens (including phenoxy) is 3. The molecule has 0 aromatic heterocycles. The van der Waals surface area contributed by atoms with Crippen LogP contribution in [0, 0.1) is 0 Å². The van der Waals surface area contributed by atoms with Gasteiger partial charge in [0, 0.05) is 19.3 Å². The number of rotatable bonds is 44. The summed E-state index contributed by atoms with van der Waals surface area (Å²) in [6, 6.07) is 0. The molecule has 0 radical (unpaired) electrons. The summed E-state index contributed by atoms with van der Waals surface area (Å²) >= 11 is 0. The predicted octanol–water partition coefficient (Wildman–Crippen LogP) is 16.8. The Morgan fingerprint density at radius 2 is 0.698 bits per heavy atom. The van der Waals surface area contributed by atoms with Crippen LogP contribution in [0.2, 0.25) is 0 Å². The van der Waals surface area contributed by atoms with E-state index in [0.717, 1.165) is 77.0 Å². The molecule has 1 atom stereocenters. The smallest absolute Gasteiger partial charge is 0.306 e. The number of carbonyl (C=O) groups is 3. The first-order chi connectivity index (χ1) is 31.0. The minimum Gasteiger partial charge on any atom is -0.462 e. The van der Waals surface area contributed by atoms with E-state index in [1.165, 1.54) is 89.9 Å². The molecule has 0 amide bonds. The van der Waals surface area contributed by atoms with Crippen LogP contribution in [0.25, 0.3) is 0 Å². The number of carbonyl (C=O) groups excluding carboxylic acids is 3. The molecule has 0 aromatic rings. The van der Waals surface area contributed by atoms with Crippen molar-refractivity contribution in [1.29, 1.82) is 0 Å². The summed E-state index contributed by atoms with van der Waals surface area (Å²) in [5.41, 5.74) is 0. The molecule has 0 spiro atoms. The van der Waals surface area contributed by atoms with Gasteiger partial charge >= 0.3 is 17.9 Å². The molecule has 0 aliphatic heterocycles. The normalized spacial score (nSPS) is 13.0.